The van der Waals surface area contributed by atoms with E-state index in [-0.39, 0.29) is 5.56 Å². The van der Waals surface area contributed by atoms with E-state index in [0.29, 0.717) is 5.92 Å². The van der Waals surface area contributed by atoms with Gasteiger partial charge in [0.05, 0.1) is 0 Å². The van der Waals surface area contributed by atoms with Gasteiger partial charge < -0.3 is 15.3 Å². The number of benzene rings is 1. The Hall–Kier alpha value is -2.24. The third-order valence-corrected chi connectivity index (χ3v) is 2.83. The molecule has 0 aromatic heterocycles. The van der Waals surface area contributed by atoms with Crippen molar-refractivity contribution < 1.29 is 20.1 Å². The van der Waals surface area contributed by atoms with Crippen molar-refractivity contribution in [2.24, 2.45) is 11.0 Å². The molecule has 2 rings (SSSR count). The predicted octanol–water partition coefficient (Wildman–Crippen LogP) is 1.32. The van der Waals surface area contributed by atoms with Crippen molar-refractivity contribution in [2.45, 2.75) is 19.8 Å². The fourth-order valence-electron chi connectivity index (χ4n) is 1.53. The molecule has 0 aliphatic heterocycles. The number of phenols is 3. The molecule has 1 aromatic rings. The highest BCUT2D eigenvalue weighted by molar-refractivity contribution is 5.96. The first-order valence-corrected chi connectivity index (χ1v) is 5.58. The summed E-state index contributed by atoms with van der Waals surface area (Å²) < 4.78 is 0. The monoisotopic (exact) mass is 250 g/mol. The van der Waals surface area contributed by atoms with Gasteiger partial charge in [0.2, 0.25) is 0 Å². The highest BCUT2D eigenvalue weighted by Crippen LogP contribution is 2.35. The molecule has 0 radical (unpaired) electrons. The number of amides is 1. The van der Waals surface area contributed by atoms with Gasteiger partial charge in [0, 0.05) is 11.3 Å². The first kappa shape index (κ1) is 12.2. The molecule has 1 aliphatic rings. The topological polar surface area (TPSA) is 102 Å². The Morgan fingerprint density at radius 3 is 2.33 bits per heavy atom. The molecule has 4 N–H and O–H groups in total. The van der Waals surface area contributed by atoms with Crippen molar-refractivity contribution in [3.05, 3.63) is 17.7 Å². The van der Waals surface area contributed by atoms with Gasteiger partial charge in [-0.3, -0.25) is 4.79 Å². The van der Waals surface area contributed by atoms with Crippen molar-refractivity contribution in [1.82, 2.24) is 5.43 Å². The molecule has 6 heteroatoms. The summed E-state index contributed by atoms with van der Waals surface area (Å²) in [5.74, 6) is -1.86. The minimum Gasteiger partial charge on any atom is -0.504 e. The number of nitrogens with zero attached hydrogens (tertiary/aromatic N) is 1. The van der Waals surface area contributed by atoms with Gasteiger partial charge in [-0.05, 0) is 37.8 Å². The molecule has 0 saturated heterocycles. The summed E-state index contributed by atoms with van der Waals surface area (Å²) in [5.41, 5.74) is 3.22. The second-order valence-corrected chi connectivity index (χ2v) is 4.33. The number of hydrogen-bond donors (Lipinski definition) is 4. The van der Waals surface area contributed by atoms with Gasteiger partial charge >= 0.3 is 0 Å². The number of phenolic OH excluding ortho intramolecular Hbond substituents is 3. The van der Waals surface area contributed by atoms with Crippen LogP contribution in [0.3, 0.4) is 0 Å². The van der Waals surface area contributed by atoms with Gasteiger partial charge in [0.25, 0.3) is 5.91 Å². The van der Waals surface area contributed by atoms with Crippen molar-refractivity contribution in [2.75, 3.05) is 0 Å². The van der Waals surface area contributed by atoms with Gasteiger partial charge in [-0.15, -0.1) is 0 Å². The summed E-state index contributed by atoms with van der Waals surface area (Å²) >= 11 is 0. The van der Waals surface area contributed by atoms with Crippen LogP contribution >= 0.6 is 0 Å². The Morgan fingerprint density at radius 2 is 1.83 bits per heavy atom. The maximum Gasteiger partial charge on any atom is 0.271 e. The highest BCUT2D eigenvalue weighted by Gasteiger charge is 2.24. The predicted molar refractivity (Wildman–Crippen MR) is 64.7 cm³/mol. The van der Waals surface area contributed by atoms with Crippen LogP contribution in [0.15, 0.2) is 17.2 Å². The summed E-state index contributed by atoms with van der Waals surface area (Å²) in [6, 6.07) is 2.12. The number of hydrogen-bond acceptors (Lipinski definition) is 5. The van der Waals surface area contributed by atoms with Gasteiger partial charge in [-0.2, -0.15) is 5.10 Å². The molecule has 0 spiro atoms. The normalized spacial score (nSPS) is 15.5. The van der Waals surface area contributed by atoms with Crippen molar-refractivity contribution >= 4 is 11.6 Å². The quantitative estimate of drug-likeness (QED) is 0.369. The summed E-state index contributed by atoms with van der Waals surface area (Å²) in [6.45, 7) is 1.84. The molecule has 0 atom stereocenters. The van der Waals surface area contributed by atoms with E-state index in [9.17, 15) is 15.0 Å². The van der Waals surface area contributed by atoms with Gasteiger partial charge in [-0.25, -0.2) is 5.43 Å². The van der Waals surface area contributed by atoms with E-state index in [4.69, 9.17) is 5.11 Å². The van der Waals surface area contributed by atoms with E-state index in [1.165, 1.54) is 0 Å². The average molecular weight is 250 g/mol. The highest BCUT2D eigenvalue weighted by atomic mass is 16.3. The van der Waals surface area contributed by atoms with Crippen LogP contribution in [0.5, 0.6) is 17.2 Å². The molecular formula is C12H14N2O4. The summed E-state index contributed by atoms with van der Waals surface area (Å²) in [5, 5.41) is 31.6. The lowest BCUT2D eigenvalue weighted by Crippen LogP contribution is -2.19. The molecule has 6 nitrogen and oxygen atoms in total. The van der Waals surface area contributed by atoms with Crippen LogP contribution in [0, 0.1) is 5.92 Å². The molecule has 1 aromatic carbocycles. The lowest BCUT2D eigenvalue weighted by Gasteiger charge is -2.05. The fourth-order valence-corrected chi connectivity index (χ4v) is 1.53. The molecule has 0 heterocycles. The number of carbonyl (C=O) groups is 1. The first-order valence-electron chi connectivity index (χ1n) is 5.58. The van der Waals surface area contributed by atoms with Crippen LogP contribution < -0.4 is 5.43 Å². The van der Waals surface area contributed by atoms with E-state index in [2.05, 4.69) is 10.5 Å². The van der Waals surface area contributed by atoms with Crippen molar-refractivity contribution in [3.8, 4) is 17.2 Å². The Balaban J connectivity index is 2.11. The second kappa shape index (κ2) is 4.56. The second-order valence-electron chi connectivity index (χ2n) is 4.33. The molecule has 1 amide bonds. The number of aromatic hydroxyl groups is 3. The van der Waals surface area contributed by atoms with Crippen molar-refractivity contribution in [3.63, 3.8) is 0 Å². The largest absolute Gasteiger partial charge is 0.504 e. The van der Waals surface area contributed by atoms with Crippen LogP contribution in [-0.2, 0) is 0 Å². The van der Waals surface area contributed by atoms with Crippen LogP contribution in [0.25, 0.3) is 0 Å². The SMILES string of the molecule is CC(=NNC(=O)c1cc(O)c(O)c(O)c1)C1CC1. The van der Waals surface area contributed by atoms with Crippen molar-refractivity contribution in [1.29, 1.82) is 0 Å². The number of hydrazone groups is 1. The smallest absolute Gasteiger partial charge is 0.271 e. The molecule has 1 fully saturated rings. The van der Waals surface area contributed by atoms with Gasteiger partial charge in [-0.1, -0.05) is 0 Å². The number of rotatable bonds is 3. The molecule has 0 bridgehead atoms. The third kappa shape index (κ3) is 2.53. The molecular weight excluding hydrogens is 236 g/mol. The number of nitrogens with one attached hydrogen (secondary N) is 1. The Bertz CT molecular complexity index is 498. The minimum absolute atomic E-state index is 0.0233. The minimum atomic E-state index is -0.649. The van der Waals surface area contributed by atoms with Crippen LogP contribution in [0.4, 0.5) is 0 Å². The van der Waals surface area contributed by atoms with Crippen LogP contribution in [0.1, 0.15) is 30.1 Å². The van der Waals surface area contributed by atoms with E-state index in [1.807, 2.05) is 6.92 Å². The Labute approximate surface area is 104 Å². The zero-order chi connectivity index (χ0) is 13.3. The summed E-state index contributed by atoms with van der Waals surface area (Å²) in [4.78, 5) is 11.7. The zero-order valence-corrected chi connectivity index (χ0v) is 9.84. The van der Waals surface area contributed by atoms with E-state index in [0.717, 1.165) is 30.7 Å². The maximum atomic E-state index is 11.7. The van der Waals surface area contributed by atoms with Crippen LogP contribution in [-0.4, -0.2) is 26.9 Å². The molecule has 0 unspecified atom stereocenters. The van der Waals surface area contributed by atoms with E-state index >= 15 is 0 Å². The first-order chi connectivity index (χ1) is 8.49. The number of carbonyl (C=O) groups excluding carboxylic acids is 1. The molecule has 18 heavy (non-hydrogen) atoms. The standard InChI is InChI=1S/C12H14N2O4/c1-6(7-2-3-7)13-14-12(18)8-4-9(15)11(17)10(16)5-8/h4-5,7,15-17H,2-3H2,1H3,(H,14,18). The van der Waals surface area contributed by atoms with Gasteiger partial charge in [0.15, 0.2) is 17.2 Å². The van der Waals surface area contributed by atoms with E-state index < -0.39 is 23.2 Å². The molecule has 1 saturated carbocycles. The third-order valence-electron chi connectivity index (χ3n) is 2.83. The molecule has 1 aliphatic carbocycles. The average Bonchev–Trinajstić information content (AvgIpc) is 3.16. The lowest BCUT2D eigenvalue weighted by molar-refractivity contribution is 0.0954. The van der Waals surface area contributed by atoms with E-state index in [1.54, 1.807) is 0 Å². The van der Waals surface area contributed by atoms with Gasteiger partial charge in [0.1, 0.15) is 0 Å². The van der Waals surface area contributed by atoms with Crippen LogP contribution in [0.2, 0.25) is 0 Å². The molecule has 96 valence electrons. The summed E-state index contributed by atoms with van der Waals surface area (Å²) in [6.07, 6.45) is 2.18. The Kier molecular flexibility index (Phi) is 3.10. The lowest BCUT2D eigenvalue weighted by atomic mass is 10.2. The zero-order valence-electron chi connectivity index (χ0n) is 9.84. The fraction of sp³-hybridized carbons (Fsp3) is 0.333. The maximum absolute atomic E-state index is 11.7. The Morgan fingerprint density at radius 1 is 1.28 bits per heavy atom. The summed E-state index contributed by atoms with van der Waals surface area (Å²) in [7, 11) is 0.